The highest BCUT2D eigenvalue weighted by Gasteiger charge is 2.49. The Hall–Kier alpha value is -2.84. The number of aliphatic imine (C=N–C) groups is 1. The van der Waals surface area contributed by atoms with Crippen LogP contribution in [-0.4, -0.2) is 59.7 Å². The minimum atomic E-state index is -1.06. The van der Waals surface area contributed by atoms with Gasteiger partial charge in [0.25, 0.3) is 5.91 Å². The van der Waals surface area contributed by atoms with Crippen LogP contribution in [0.4, 0.5) is 14.5 Å². The lowest BCUT2D eigenvalue weighted by Gasteiger charge is -2.42. The van der Waals surface area contributed by atoms with Crippen LogP contribution in [0.1, 0.15) is 18.4 Å². The van der Waals surface area contributed by atoms with E-state index < -0.39 is 23.2 Å². The molecule has 2 amide bonds. The summed E-state index contributed by atoms with van der Waals surface area (Å²) in [7, 11) is 1.95. The monoisotopic (exact) mass is 446 g/mol. The number of amides is 2. The van der Waals surface area contributed by atoms with Crippen LogP contribution in [0.15, 0.2) is 47.5 Å². The van der Waals surface area contributed by atoms with E-state index in [0.717, 1.165) is 25.1 Å². The van der Waals surface area contributed by atoms with Gasteiger partial charge in [0.2, 0.25) is 5.91 Å². The van der Waals surface area contributed by atoms with Gasteiger partial charge in [0, 0.05) is 28.9 Å². The SMILES string of the molecule is CN1CCCC2(C1)N=C(c1ccc(Cl)cc1)C(=O)N2CC(=O)Nc1ccc(F)c(F)c1. The maximum absolute atomic E-state index is 13.5. The molecule has 1 atom stereocenters. The van der Waals surface area contributed by atoms with Crippen LogP contribution in [0, 0.1) is 11.6 Å². The number of carbonyl (C=O) groups excluding carboxylic acids is 2. The molecule has 1 unspecified atom stereocenters. The molecule has 4 rings (SSSR count). The third kappa shape index (κ3) is 4.31. The van der Waals surface area contributed by atoms with Crippen molar-refractivity contribution in [1.29, 1.82) is 0 Å². The molecule has 1 N–H and O–H groups in total. The number of anilines is 1. The van der Waals surface area contributed by atoms with Gasteiger partial charge in [0.1, 0.15) is 17.9 Å². The molecule has 2 heterocycles. The lowest BCUT2D eigenvalue weighted by molar-refractivity contribution is -0.134. The van der Waals surface area contributed by atoms with E-state index in [1.54, 1.807) is 24.3 Å². The quantitative estimate of drug-likeness (QED) is 0.783. The fourth-order valence-electron chi connectivity index (χ4n) is 4.10. The lowest BCUT2D eigenvalue weighted by Crippen LogP contribution is -2.57. The number of nitrogens with zero attached hydrogens (tertiary/aromatic N) is 3. The molecule has 2 aromatic carbocycles. The Kier molecular flexibility index (Phi) is 5.77. The molecule has 0 bridgehead atoms. The average Bonchev–Trinajstić information content (AvgIpc) is 2.97. The molecule has 0 saturated carbocycles. The van der Waals surface area contributed by atoms with Crippen molar-refractivity contribution in [1.82, 2.24) is 9.80 Å². The molecule has 0 aliphatic carbocycles. The molecule has 1 fully saturated rings. The number of carbonyl (C=O) groups is 2. The summed E-state index contributed by atoms with van der Waals surface area (Å²) in [4.78, 5) is 34.4. The molecule has 9 heteroatoms. The molecule has 2 aliphatic rings. The molecule has 1 spiro atoms. The van der Waals surface area contributed by atoms with E-state index in [0.29, 0.717) is 23.6 Å². The number of rotatable bonds is 4. The zero-order valence-corrected chi connectivity index (χ0v) is 17.6. The maximum Gasteiger partial charge on any atom is 0.275 e. The largest absolute Gasteiger partial charge is 0.324 e. The van der Waals surface area contributed by atoms with Gasteiger partial charge in [-0.3, -0.25) is 9.59 Å². The highest BCUT2D eigenvalue weighted by molar-refractivity contribution is 6.47. The fraction of sp³-hybridized carbons (Fsp3) is 0.318. The number of nitrogens with one attached hydrogen (secondary N) is 1. The van der Waals surface area contributed by atoms with Crippen LogP contribution in [0.5, 0.6) is 0 Å². The Morgan fingerprint density at radius 2 is 1.94 bits per heavy atom. The minimum absolute atomic E-state index is 0.115. The highest BCUT2D eigenvalue weighted by Crippen LogP contribution is 2.35. The second-order valence-corrected chi connectivity index (χ2v) is 8.30. The van der Waals surface area contributed by atoms with Crippen molar-refractivity contribution < 1.29 is 18.4 Å². The van der Waals surface area contributed by atoms with Crippen molar-refractivity contribution in [3.8, 4) is 0 Å². The summed E-state index contributed by atoms with van der Waals surface area (Å²) in [5.41, 5.74) is 0.173. The second-order valence-electron chi connectivity index (χ2n) is 7.86. The van der Waals surface area contributed by atoms with Crippen LogP contribution in [0.2, 0.25) is 5.02 Å². The van der Waals surface area contributed by atoms with Crippen molar-refractivity contribution in [2.45, 2.75) is 18.5 Å². The van der Waals surface area contributed by atoms with Crippen LogP contribution in [-0.2, 0) is 9.59 Å². The predicted molar refractivity (Wildman–Crippen MR) is 114 cm³/mol. The number of halogens is 3. The van der Waals surface area contributed by atoms with Crippen molar-refractivity contribution in [3.63, 3.8) is 0 Å². The summed E-state index contributed by atoms with van der Waals surface area (Å²) in [6.45, 7) is 1.11. The Balaban J connectivity index is 1.60. The van der Waals surface area contributed by atoms with Crippen LogP contribution < -0.4 is 5.32 Å². The van der Waals surface area contributed by atoms with E-state index in [9.17, 15) is 18.4 Å². The smallest absolute Gasteiger partial charge is 0.275 e. The van der Waals surface area contributed by atoms with Crippen molar-refractivity contribution >= 4 is 34.8 Å². The van der Waals surface area contributed by atoms with Gasteiger partial charge in [-0.1, -0.05) is 23.7 Å². The Labute approximate surface area is 183 Å². The number of likely N-dealkylation sites (tertiary alicyclic amines) is 1. The number of hydrogen-bond donors (Lipinski definition) is 1. The van der Waals surface area contributed by atoms with E-state index in [1.807, 2.05) is 7.05 Å². The molecule has 31 heavy (non-hydrogen) atoms. The molecule has 1 saturated heterocycles. The first-order valence-electron chi connectivity index (χ1n) is 9.89. The summed E-state index contributed by atoms with van der Waals surface area (Å²) in [5, 5.41) is 3.08. The van der Waals surface area contributed by atoms with Gasteiger partial charge in [0.05, 0.1) is 0 Å². The van der Waals surface area contributed by atoms with Gasteiger partial charge < -0.3 is 15.1 Å². The van der Waals surface area contributed by atoms with Gasteiger partial charge >= 0.3 is 0 Å². The normalized spacial score (nSPS) is 21.5. The standard InChI is InChI=1S/C22H21ClF2N4O2/c1-28-10-2-9-22(13-28)27-20(14-3-5-15(23)6-4-14)21(31)29(22)12-19(30)26-16-7-8-17(24)18(25)11-16/h3-8,11H,2,9-10,12-13H2,1H3,(H,26,30). The molecule has 0 aromatic heterocycles. The number of piperidine rings is 1. The summed E-state index contributed by atoms with van der Waals surface area (Å²) in [6, 6.07) is 9.93. The van der Waals surface area contributed by atoms with Crippen molar-refractivity contribution in [2.24, 2.45) is 4.99 Å². The highest BCUT2D eigenvalue weighted by atomic mass is 35.5. The Morgan fingerprint density at radius 1 is 1.19 bits per heavy atom. The van der Waals surface area contributed by atoms with E-state index >= 15 is 0 Å². The molecule has 162 valence electrons. The van der Waals surface area contributed by atoms with Gasteiger partial charge in [-0.15, -0.1) is 0 Å². The Morgan fingerprint density at radius 3 is 2.61 bits per heavy atom. The van der Waals surface area contributed by atoms with E-state index in [2.05, 4.69) is 10.2 Å². The second kappa shape index (κ2) is 8.36. The predicted octanol–water partition coefficient (Wildman–Crippen LogP) is 3.31. The van der Waals surface area contributed by atoms with Crippen molar-refractivity contribution in [3.05, 3.63) is 64.7 Å². The van der Waals surface area contributed by atoms with Crippen LogP contribution in [0.3, 0.4) is 0 Å². The molecular formula is C22H21ClF2N4O2. The minimum Gasteiger partial charge on any atom is -0.324 e. The molecule has 0 radical (unpaired) electrons. The van der Waals surface area contributed by atoms with E-state index in [4.69, 9.17) is 16.6 Å². The third-order valence-electron chi connectivity index (χ3n) is 5.53. The number of hydrogen-bond acceptors (Lipinski definition) is 4. The van der Waals surface area contributed by atoms with E-state index in [1.165, 1.54) is 11.0 Å². The first kappa shape index (κ1) is 21.4. The molecule has 6 nitrogen and oxygen atoms in total. The summed E-state index contributed by atoms with van der Waals surface area (Å²) in [6.07, 6.45) is 1.45. The number of likely N-dealkylation sites (N-methyl/N-ethyl adjacent to an activating group) is 1. The lowest BCUT2D eigenvalue weighted by atomic mass is 9.98. The van der Waals surface area contributed by atoms with Crippen LogP contribution in [0.25, 0.3) is 0 Å². The third-order valence-corrected chi connectivity index (χ3v) is 5.78. The number of benzene rings is 2. The first-order chi connectivity index (χ1) is 14.8. The van der Waals surface area contributed by atoms with Gasteiger partial charge in [-0.05, 0) is 50.7 Å². The molecule has 2 aromatic rings. The van der Waals surface area contributed by atoms with Crippen molar-refractivity contribution in [2.75, 3.05) is 32.0 Å². The maximum atomic E-state index is 13.5. The zero-order valence-electron chi connectivity index (χ0n) is 16.9. The summed E-state index contributed by atoms with van der Waals surface area (Å²) in [5.74, 6) is -2.93. The zero-order chi connectivity index (χ0) is 22.2. The summed E-state index contributed by atoms with van der Waals surface area (Å²) >= 11 is 5.97. The summed E-state index contributed by atoms with van der Waals surface area (Å²) < 4.78 is 26.6. The first-order valence-corrected chi connectivity index (χ1v) is 10.3. The molecule has 2 aliphatic heterocycles. The van der Waals surface area contributed by atoms with E-state index in [-0.39, 0.29) is 23.9 Å². The van der Waals surface area contributed by atoms with Gasteiger partial charge in [0.15, 0.2) is 11.6 Å². The Bertz CT molecular complexity index is 1060. The average molecular weight is 447 g/mol. The van der Waals surface area contributed by atoms with Gasteiger partial charge in [-0.25, -0.2) is 13.8 Å². The van der Waals surface area contributed by atoms with Gasteiger partial charge in [-0.2, -0.15) is 0 Å². The topological polar surface area (TPSA) is 65.0 Å². The van der Waals surface area contributed by atoms with Crippen LogP contribution >= 0.6 is 11.6 Å². The molecular weight excluding hydrogens is 426 g/mol. The fourth-order valence-corrected chi connectivity index (χ4v) is 4.23.